The lowest BCUT2D eigenvalue weighted by atomic mass is 10.1. The van der Waals surface area contributed by atoms with E-state index in [2.05, 4.69) is 24.1 Å². The number of hydrogen-bond acceptors (Lipinski definition) is 4. The van der Waals surface area contributed by atoms with Gasteiger partial charge >= 0.3 is 0 Å². The second-order valence-corrected chi connectivity index (χ2v) is 5.77. The van der Waals surface area contributed by atoms with Crippen LogP contribution in [0.5, 0.6) is 5.75 Å². The highest BCUT2D eigenvalue weighted by Crippen LogP contribution is 2.27. The molecule has 0 saturated heterocycles. The molecule has 0 N–H and O–H groups in total. The minimum atomic E-state index is 0.483. The summed E-state index contributed by atoms with van der Waals surface area (Å²) in [6.45, 7) is 12.2. The largest absolute Gasteiger partial charge is 0.489 e. The molecule has 1 aromatic carbocycles. The molecular weight excluding hydrogens is 290 g/mol. The zero-order valence-electron chi connectivity index (χ0n) is 13.4. The molecule has 0 radical (unpaired) electrons. The van der Waals surface area contributed by atoms with Gasteiger partial charge in [-0.2, -0.15) is 0 Å². The van der Waals surface area contributed by atoms with Gasteiger partial charge in [0.15, 0.2) is 0 Å². The van der Waals surface area contributed by atoms with E-state index in [-0.39, 0.29) is 0 Å². The summed E-state index contributed by atoms with van der Waals surface area (Å²) in [5.74, 6) is 2.50. The molecule has 2 heterocycles. The number of ether oxygens (including phenoxy) is 2. The molecule has 0 fully saturated rings. The van der Waals surface area contributed by atoms with Gasteiger partial charge in [-0.1, -0.05) is 19.2 Å². The third-order valence-corrected chi connectivity index (χ3v) is 3.77. The molecule has 0 spiro atoms. The first-order valence-electron chi connectivity index (χ1n) is 7.59. The molecule has 0 unspecified atom stereocenters. The van der Waals surface area contributed by atoms with Crippen molar-refractivity contribution in [2.24, 2.45) is 0 Å². The van der Waals surface area contributed by atoms with Gasteiger partial charge in [0.1, 0.15) is 30.6 Å². The van der Waals surface area contributed by atoms with Gasteiger partial charge in [0, 0.05) is 12.1 Å². The molecule has 120 valence electrons. The summed E-state index contributed by atoms with van der Waals surface area (Å²) in [7, 11) is 0. The lowest BCUT2D eigenvalue weighted by molar-refractivity contribution is 0.0821. The average molecular weight is 311 g/mol. The number of furan rings is 1. The first-order valence-corrected chi connectivity index (χ1v) is 7.59. The van der Waals surface area contributed by atoms with Crippen LogP contribution in [0.1, 0.15) is 23.8 Å². The number of benzene rings is 1. The third kappa shape index (κ3) is 3.85. The van der Waals surface area contributed by atoms with E-state index in [4.69, 9.17) is 13.9 Å². The van der Waals surface area contributed by atoms with Crippen LogP contribution < -0.4 is 4.74 Å². The summed E-state index contributed by atoms with van der Waals surface area (Å²) in [6.07, 6.45) is 1.69. The highest BCUT2D eigenvalue weighted by Gasteiger charge is 2.18. The quantitative estimate of drug-likeness (QED) is 0.590. The van der Waals surface area contributed by atoms with Crippen LogP contribution in [0.3, 0.4) is 0 Å². The number of rotatable bonds is 6. The van der Waals surface area contributed by atoms with Crippen LogP contribution in [-0.4, -0.2) is 11.6 Å². The summed E-state index contributed by atoms with van der Waals surface area (Å²) in [5.41, 5.74) is 3.09. The van der Waals surface area contributed by atoms with Crippen molar-refractivity contribution in [1.82, 2.24) is 4.90 Å². The van der Waals surface area contributed by atoms with Crippen molar-refractivity contribution < 1.29 is 13.9 Å². The Morgan fingerprint density at radius 1 is 1.30 bits per heavy atom. The van der Waals surface area contributed by atoms with Crippen molar-refractivity contribution in [3.63, 3.8) is 0 Å². The van der Waals surface area contributed by atoms with E-state index in [0.717, 1.165) is 41.3 Å². The van der Waals surface area contributed by atoms with Crippen molar-refractivity contribution in [2.75, 3.05) is 6.73 Å². The summed E-state index contributed by atoms with van der Waals surface area (Å²) in [6, 6.07) is 10.0. The number of hydrogen-bond donors (Lipinski definition) is 0. The van der Waals surface area contributed by atoms with Crippen molar-refractivity contribution in [1.29, 1.82) is 0 Å². The van der Waals surface area contributed by atoms with Gasteiger partial charge in [0.25, 0.3) is 0 Å². The van der Waals surface area contributed by atoms with E-state index in [1.165, 1.54) is 0 Å². The normalized spacial score (nSPS) is 14.0. The van der Waals surface area contributed by atoms with E-state index >= 15 is 0 Å². The zero-order chi connectivity index (χ0) is 16.2. The van der Waals surface area contributed by atoms with E-state index < -0.39 is 0 Å². The van der Waals surface area contributed by atoms with Crippen molar-refractivity contribution in [3.8, 4) is 5.75 Å². The molecule has 4 nitrogen and oxygen atoms in total. The number of allylic oxidation sites excluding steroid dienone is 1. The minimum Gasteiger partial charge on any atom is -0.489 e. The Morgan fingerprint density at radius 3 is 2.91 bits per heavy atom. The first-order chi connectivity index (χ1) is 11.1. The predicted octanol–water partition coefficient (Wildman–Crippen LogP) is 4.24. The van der Waals surface area contributed by atoms with Gasteiger partial charge in [-0.15, -0.1) is 0 Å². The van der Waals surface area contributed by atoms with Crippen LogP contribution >= 0.6 is 0 Å². The Balaban J connectivity index is 1.65. The topological polar surface area (TPSA) is 34.8 Å². The molecule has 2 aromatic rings. The average Bonchev–Trinajstić information content (AvgIpc) is 3.05. The summed E-state index contributed by atoms with van der Waals surface area (Å²) < 4.78 is 16.8. The predicted molar refractivity (Wildman–Crippen MR) is 88.6 cm³/mol. The molecule has 0 bridgehead atoms. The van der Waals surface area contributed by atoms with Crippen LogP contribution in [0.2, 0.25) is 0 Å². The minimum absolute atomic E-state index is 0.483. The third-order valence-electron chi connectivity index (χ3n) is 3.77. The fraction of sp³-hybridized carbons (Fsp3) is 0.263. The maximum absolute atomic E-state index is 5.82. The smallest absolute Gasteiger partial charge is 0.142 e. The van der Waals surface area contributed by atoms with Crippen molar-refractivity contribution >= 4 is 0 Å². The second kappa shape index (κ2) is 6.75. The summed E-state index contributed by atoms with van der Waals surface area (Å²) in [5, 5.41) is 0. The Bertz CT molecular complexity index is 703. The molecule has 1 aromatic heterocycles. The summed E-state index contributed by atoms with van der Waals surface area (Å²) >= 11 is 0. The van der Waals surface area contributed by atoms with E-state index in [0.29, 0.717) is 19.1 Å². The van der Waals surface area contributed by atoms with E-state index in [9.17, 15) is 0 Å². The monoisotopic (exact) mass is 311 g/mol. The van der Waals surface area contributed by atoms with Crippen LogP contribution in [-0.2, 0) is 24.4 Å². The first kappa shape index (κ1) is 15.4. The molecule has 1 aliphatic rings. The van der Waals surface area contributed by atoms with Gasteiger partial charge in [0.2, 0.25) is 0 Å². The maximum Gasteiger partial charge on any atom is 0.142 e. The molecule has 3 rings (SSSR count). The fourth-order valence-electron chi connectivity index (χ4n) is 2.45. The van der Waals surface area contributed by atoms with Crippen LogP contribution in [0.15, 0.2) is 65.5 Å². The lowest BCUT2D eigenvalue weighted by Crippen LogP contribution is -2.31. The number of nitrogens with zero attached hydrogens (tertiary/aromatic N) is 1. The zero-order valence-corrected chi connectivity index (χ0v) is 13.4. The molecular formula is C19H21NO3. The number of fused-ring (bicyclic) bond motifs is 1. The SMILES string of the molecule is C=C(C)C(=C)OCc1ccc2c(c1)CN(Cc1ccco1)CO2. The van der Waals surface area contributed by atoms with Crippen LogP contribution in [0.25, 0.3) is 0 Å². The fourth-order valence-corrected chi connectivity index (χ4v) is 2.45. The van der Waals surface area contributed by atoms with Crippen molar-refractivity contribution in [3.05, 3.63) is 78.0 Å². The van der Waals surface area contributed by atoms with E-state index in [1.807, 2.05) is 31.2 Å². The maximum atomic E-state index is 5.82. The van der Waals surface area contributed by atoms with Gasteiger partial charge in [0.05, 0.1) is 12.8 Å². The molecule has 0 atom stereocenters. The second-order valence-electron chi connectivity index (χ2n) is 5.77. The molecule has 4 heteroatoms. The van der Waals surface area contributed by atoms with E-state index in [1.54, 1.807) is 6.26 Å². The lowest BCUT2D eigenvalue weighted by Gasteiger charge is -2.28. The molecule has 0 aliphatic carbocycles. The van der Waals surface area contributed by atoms with Crippen molar-refractivity contribution in [2.45, 2.75) is 26.6 Å². The molecule has 1 aliphatic heterocycles. The van der Waals surface area contributed by atoms with Crippen LogP contribution in [0, 0.1) is 0 Å². The highest BCUT2D eigenvalue weighted by molar-refractivity contribution is 5.38. The molecule has 0 saturated carbocycles. The Morgan fingerprint density at radius 2 is 2.17 bits per heavy atom. The highest BCUT2D eigenvalue weighted by atomic mass is 16.5. The molecule has 0 amide bonds. The standard InChI is InChI=1S/C19H21NO3/c1-14(2)15(3)22-12-16-6-7-19-17(9-16)10-20(13-23-19)11-18-5-4-8-21-18/h4-9H,1,3,10-13H2,2H3. The van der Waals surface area contributed by atoms with Gasteiger partial charge < -0.3 is 13.9 Å². The van der Waals surface area contributed by atoms with Gasteiger partial charge in [-0.05, 0) is 42.3 Å². The summed E-state index contributed by atoms with van der Waals surface area (Å²) in [4.78, 5) is 2.19. The Hall–Kier alpha value is -2.46. The Labute approximate surface area is 136 Å². The Kier molecular flexibility index (Phi) is 4.53. The molecule has 23 heavy (non-hydrogen) atoms. The van der Waals surface area contributed by atoms with Gasteiger partial charge in [-0.3, -0.25) is 4.90 Å². The van der Waals surface area contributed by atoms with Gasteiger partial charge in [-0.25, -0.2) is 0 Å². The van der Waals surface area contributed by atoms with Crippen LogP contribution in [0.4, 0.5) is 0 Å².